The number of likely N-dealkylation sites (tertiary alicyclic amines) is 2. The molecule has 364 valence electrons. The number of amides is 5. The second kappa shape index (κ2) is 23.7. The first-order chi connectivity index (χ1) is 29.7. The van der Waals surface area contributed by atoms with Crippen LogP contribution < -0.4 is 21.7 Å². The lowest BCUT2D eigenvalue weighted by atomic mass is 9.85. The van der Waals surface area contributed by atoms with E-state index in [9.17, 15) is 24.0 Å². The molecule has 4 aliphatic rings. The maximum absolute atomic E-state index is 13.8. The van der Waals surface area contributed by atoms with Gasteiger partial charge in [0.2, 0.25) is 11.8 Å². The molecule has 0 bridgehead atoms. The topological polar surface area (TPSA) is 202 Å². The highest BCUT2D eigenvalue weighted by atomic mass is 28.3. The highest BCUT2D eigenvalue weighted by Crippen LogP contribution is 2.41. The molecule has 2 heterocycles. The van der Waals surface area contributed by atoms with Crippen molar-refractivity contribution in [1.29, 1.82) is 0 Å². The van der Waals surface area contributed by atoms with Crippen molar-refractivity contribution in [2.24, 2.45) is 28.4 Å². The molecule has 5 rings (SSSR count). The minimum Gasteiger partial charge on any atom is -0.450 e. The number of aliphatic hydroxyl groups excluding tert-OH is 1. The highest BCUT2D eigenvalue weighted by molar-refractivity contribution is 6.76. The lowest BCUT2D eigenvalue weighted by Crippen LogP contribution is -2.58. The van der Waals surface area contributed by atoms with Crippen molar-refractivity contribution in [3.63, 3.8) is 0 Å². The lowest BCUT2D eigenvalue weighted by Gasteiger charge is -2.37. The first-order valence-electron chi connectivity index (χ1n) is 23.4. The van der Waals surface area contributed by atoms with Crippen LogP contribution in [0.5, 0.6) is 0 Å². The fourth-order valence-corrected chi connectivity index (χ4v) is 10.4. The normalized spacial score (nSPS) is 23.8. The number of carbonyl (C=O) groups excluding carboxylic acids is 5. The Bertz CT molecular complexity index is 1680. The summed E-state index contributed by atoms with van der Waals surface area (Å²) in [4.78, 5) is 67.8. The number of fused-ring (bicyclic) bond motifs is 2. The van der Waals surface area contributed by atoms with Crippen molar-refractivity contribution in [3.05, 3.63) is 35.9 Å². The molecule has 0 aromatic heterocycles. The fraction of sp³-hybridized carbons (Fsp3) is 0.766. The number of nitrogens with two attached hydrogens (primary N) is 1. The van der Waals surface area contributed by atoms with E-state index in [2.05, 4.69) is 55.2 Å². The summed E-state index contributed by atoms with van der Waals surface area (Å²) in [5, 5.41) is 15.9. The molecule has 15 nitrogen and oxygen atoms in total. The van der Waals surface area contributed by atoms with Gasteiger partial charge in [-0.25, -0.2) is 14.4 Å². The van der Waals surface area contributed by atoms with Crippen LogP contribution >= 0.6 is 0 Å². The summed E-state index contributed by atoms with van der Waals surface area (Å²) in [5.41, 5.74) is 6.30. The van der Waals surface area contributed by atoms with Gasteiger partial charge in [0.1, 0.15) is 12.6 Å². The van der Waals surface area contributed by atoms with Gasteiger partial charge in [-0.2, -0.15) is 0 Å². The van der Waals surface area contributed by atoms with Gasteiger partial charge in [0.25, 0.3) is 0 Å². The van der Waals surface area contributed by atoms with Gasteiger partial charge >= 0.3 is 18.3 Å². The molecule has 64 heavy (non-hydrogen) atoms. The van der Waals surface area contributed by atoms with Crippen LogP contribution in [0.4, 0.5) is 14.4 Å². The third-order valence-corrected chi connectivity index (χ3v) is 16.2. The van der Waals surface area contributed by atoms with Gasteiger partial charge in [-0.05, 0) is 78.8 Å². The summed E-state index contributed by atoms with van der Waals surface area (Å²) in [5.74, 6) is 0.670. The number of aliphatic hydroxyl groups is 1. The molecule has 17 heteroatoms. The van der Waals surface area contributed by atoms with Crippen molar-refractivity contribution >= 4 is 46.2 Å². The fourth-order valence-electron chi connectivity index (χ4n) is 8.97. The average Bonchev–Trinajstić information content (AvgIpc) is 3.99. The van der Waals surface area contributed by atoms with Gasteiger partial charge in [-0.1, -0.05) is 111 Å². The van der Waals surface area contributed by atoms with E-state index < -0.39 is 45.8 Å². The van der Waals surface area contributed by atoms with Gasteiger partial charge in [0.15, 0.2) is 0 Å². The number of carbonyl (C=O) groups is 5. The molecule has 1 aromatic rings. The van der Waals surface area contributed by atoms with Crippen molar-refractivity contribution in [1.82, 2.24) is 25.8 Å². The van der Waals surface area contributed by atoms with E-state index in [4.69, 9.17) is 25.1 Å². The van der Waals surface area contributed by atoms with Gasteiger partial charge in [0, 0.05) is 36.3 Å². The van der Waals surface area contributed by atoms with Crippen molar-refractivity contribution in [3.8, 4) is 0 Å². The minimum atomic E-state index is -1.29. The summed E-state index contributed by atoms with van der Waals surface area (Å²) >= 11 is 0. The monoisotopic (exact) mass is 933 g/mol. The van der Waals surface area contributed by atoms with Gasteiger partial charge in [-0.3, -0.25) is 9.59 Å². The molecule has 1 aromatic carbocycles. The summed E-state index contributed by atoms with van der Waals surface area (Å²) < 4.78 is 16.2. The van der Waals surface area contributed by atoms with Crippen LogP contribution in [0.2, 0.25) is 51.4 Å². The Balaban J connectivity index is 0.000000344. The smallest absolute Gasteiger partial charge is 0.408 e. The summed E-state index contributed by atoms with van der Waals surface area (Å²) in [6, 6.07) is 9.84. The Morgan fingerprint density at radius 1 is 0.656 bits per heavy atom. The number of rotatable bonds is 13. The number of hydrogen-bond donors (Lipinski definition) is 5. The molecule has 0 spiro atoms. The zero-order valence-electron chi connectivity index (χ0n) is 41.4. The Kier molecular flexibility index (Phi) is 20.2. The largest absolute Gasteiger partial charge is 0.450 e. The number of ether oxygens (including phenoxy) is 3. The highest BCUT2D eigenvalue weighted by Gasteiger charge is 2.50. The van der Waals surface area contributed by atoms with Crippen LogP contribution in [-0.2, 0) is 30.4 Å². The van der Waals surface area contributed by atoms with Crippen LogP contribution in [0.1, 0.15) is 85.6 Å². The van der Waals surface area contributed by atoms with E-state index in [0.717, 1.165) is 69.8 Å². The molecular formula is C47H84N6O9Si2. The Hall–Kier alpha value is -3.68. The molecule has 2 aliphatic carbocycles. The number of alkyl carbamates (subject to hydrolysis) is 3. The Labute approximate surface area is 386 Å². The molecule has 2 aliphatic heterocycles. The van der Waals surface area contributed by atoms with Crippen molar-refractivity contribution in [2.75, 3.05) is 33.4 Å². The van der Waals surface area contributed by atoms with E-state index in [-0.39, 0.29) is 54.1 Å². The number of benzene rings is 1. The van der Waals surface area contributed by atoms with Crippen LogP contribution in [0.3, 0.4) is 0 Å². The first-order valence-corrected chi connectivity index (χ1v) is 30.8. The molecule has 5 amide bonds. The molecule has 0 radical (unpaired) electrons. The van der Waals surface area contributed by atoms with Crippen LogP contribution in [0, 0.1) is 22.7 Å². The summed E-state index contributed by atoms with van der Waals surface area (Å²) in [6.45, 7) is 27.7. The van der Waals surface area contributed by atoms with Gasteiger partial charge in [0.05, 0.1) is 43.4 Å². The van der Waals surface area contributed by atoms with Crippen LogP contribution in [0.15, 0.2) is 30.3 Å². The van der Waals surface area contributed by atoms with Crippen LogP contribution in [0.25, 0.3) is 0 Å². The standard InChI is InChI=1S/C27H43N3O5Si.C19H37N3O3Si.CH4O/c1-27(2,3)23(29-26(33)35-18-19-10-8-7-9-11-19)24(31)30-15-14-20-12-13-21(22(20)30)28-25(32)34-16-17-36(4,5)6;1-19(2,3)16(20)17(23)22-10-9-13-7-8-14(15(13)22)21-18(24)25-11-12-26(4,5)6;1-2/h7-11,20-23H,12-18H2,1-6H3,(H,28,32)(H,29,33);13-16H,7-12,20H2,1-6H3,(H,21,24);2H,1H3/t20-,21+,22+,23-;13-,14+,15+,16-;/m11./s1. The minimum absolute atomic E-state index is 0.00537. The second-order valence-electron chi connectivity index (χ2n) is 22.5. The molecule has 0 unspecified atom stereocenters. The number of hydrogen-bond acceptors (Lipinski definition) is 10. The summed E-state index contributed by atoms with van der Waals surface area (Å²) in [7, 11) is -1.51. The Morgan fingerprint density at radius 2 is 1.09 bits per heavy atom. The number of nitrogens with one attached hydrogen (secondary N) is 3. The zero-order chi connectivity index (χ0) is 48.2. The third-order valence-electron chi connectivity index (χ3n) is 12.8. The summed E-state index contributed by atoms with van der Waals surface area (Å²) in [6.07, 6.45) is 4.23. The molecule has 8 atom stereocenters. The molecule has 4 fully saturated rings. The second-order valence-corrected chi connectivity index (χ2v) is 33.8. The number of nitrogens with zero attached hydrogens (tertiary/aromatic N) is 2. The quantitative estimate of drug-likeness (QED) is 0.0997. The van der Waals surface area contributed by atoms with Gasteiger partial charge < -0.3 is 50.8 Å². The maximum atomic E-state index is 13.8. The predicted octanol–water partition coefficient (Wildman–Crippen LogP) is 7.18. The third kappa shape index (κ3) is 16.6. The van der Waals surface area contributed by atoms with E-state index in [1.807, 2.05) is 81.7 Å². The molecular weight excluding hydrogens is 849 g/mol. The zero-order valence-corrected chi connectivity index (χ0v) is 43.4. The van der Waals surface area contributed by atoms with E-state index in [0.29, 0.717) is 31.6 Å². The van der Waals surface area contributed by atoms with E-state index in [1.165, 1.54) is 0 Å². The molecule has 2 saturated carbocycles. The molecule has 2 saturated heterocycles. The van der Waals surface area contributed by atoms with Gasteiger partial charge in [-0.15, -0.1) is 0 Å². The van der Waals surface area contributed by atoms with Crippen molar-refractivity contribution < 1.29 is 43.3 Å². The van der Waals surface area contributed by atoms with E-state index >= 15 is 0 Å². The van der Waals surface area contributed by atoms with E-state index in [1.54, 1.807) is 0 Å². The van der Waals surface area contributed by atoms with Crippen LogP contribution in [-0.4, -0.2) is 131 Å². The predicted molar refractivity (Wildman–Crippen MR) is 257 cm³/mol. The van der Waals surface area contributed by atoms with Crippen molar-refractivity contribution in [2.45, 2.75) is 174 Å². The maximum Gasteiger partial charge on any atom is 0.408 e. The Morgan fingerprint density at radius 3 is 1.50 bits per heavy atom. The first kappa shape index (κ1) is 54.7. The average molecular weight is 933 g/mol. The lowest BCUT2D eigenvalue weighted by molar-refractivity contribution is -0.137. The SMILES string of the molecule is CC(C)(C)[C@H](N)C(=O)N1CC[C@H]2CC[C@H](NC(=O)OCC[Si](C)(C)C)[C@H]21.CC(C)(C)[C@H](NC(=O)OCc1ccccc1)C(=O)N1CC[C@H]2CC[C@H](NC(=O)OCC[Si](C)(C)C)[C@H]21.CO. The molecule has 6 N–H and O–H groups in total.